The average Bonchev–Trinajstić information content (AvgIpc) is 3.03. The summed E-state index contributed by atoms with van der Waals surface area (Å²) in [4.78, 5) is 6.88. The van der Waals surface area contributed by atoms with Crippen molar-refractivity contribution in [3.8, 4) is 0 Å². The van der Waals surface area contributed by atoms with Crippen LogP contribution in [0.5, 0.6) is 0 Å². The number of nitrogens with zero attached hydrogens (tertiary/aromatic N) is 3. The van der Waals surface area contributed by atoms with E-state index in [0.717, 1.165) is 50.7 Å². The summed E-state index contributed by atoms with van der Waals surface area (Å²) in [5.74, 6) is 1.48. The first-order valence-corrected chi connectivity index (χ1v) is 7.82. The molecule has 1 aromatic heterocycles. The first-order valence-electron chi connectivity index (χ1n) is 7.45. The highest BCUT2D eigenvalue weighted by molar-refractivity contribution is 6.30. The molecule has 1 unspecified atom stereocenters. The van der Waals surface area contributed by atoms with Crippen molar-refractivity contribution in [1.82, 2.24) is 20.1 Å². The van der Waals surface area contributed by atoms with Crippen molar-refractivity contribution in [2.45, 2.75) is 12.5 Å². The van der Waals surface area contributed by atoms with Gasteiger partial charge in [-0.3, -0.25) is 10.00 Å². The molecule has 3 N–H and O–H groups in total. The zero-order chi connectivity index (χ0) is 15.4. The second-order valence-corrected chi connectivity index (χ2v) is 5.81. The number of hydrogen-bond acceptors (Lipinski definition) is 5. The summed E-state index contributed by atoms with van der Waals surface area (Å²) in [5.41, 5.74) is 7.15. The maximum absolute atomic E-state index is 6.20. The number of benzene rings is 1. The van der Waals surface area contributed by atoms with Crippen molar-refractivity contribution < 1.29 is 4.74 Å². The van der Waals surface area contributed by atoms with Gasteiger partial charge in [-0.2, -0.15) is 5.10 Å². The van der Waals surface area contributed by atoms with Crippen LogP contribution in [-0.4, -0.2) is 52.9 Å². The largest absolute Gasteiger partial charge is 0.379 e. The lowest BCUT2D eigenvalue weighted by Crippen LogP contribution is -2.37. The van der Waals surface area contributed by atoms with Crippen LogP contribution in [0.2, 0.25) is 5.02 Å². The first kappa shape index (κ1) is 15.4. The number of H-pyrrole nitrogens is 1. The number of rotatable bonds is 5. The molecule has 0 aliphatic carbocycles. The summed E-state index contributed by atoms with van der Waals surface area (Å²) in [6.45, 7) is 4.52. The van der Waals surface area contributed by atoms with Gasteiger partial charge in [0.2, 0.25) is 0 Å². The van der Waals surface area contributed by atoms with E-state index in [2.05, 4.69) is 20.1 Å². The van der Waals surface area contributed by atoms with Crippen LogP contribution in [0.25, 0.3) is 0 Å². The van der Waals surface area contributed by atoms with Crippen molar-refractivity contribution in [1.29, 1.82) is 0 Å². The Kier molecular flexibility index (Phi) is 5.04. The lowest BCUT2D eigenvalue weighted by molar-refractivity contribution is 0.0382. The normalized spacial score (nSPS) is 17.5. The third kappa shape index (κ3) is 3.84. The number of halogens is 1. The zero-order valence-corrected chi connectivity index (χ0v) is 13.1. The van der Waals surface area contributed by atoms with Gasteiger partial charge in [0, 0.05) is 31.1 Å². The highest BCUT2D eigenvalue weighted by Crippen LogP contribution is 2.18. The molecule has 0 amide bonds. The standard InChI is InChI=1S/C15H20ClN5O/c16-12-3-1-11(2-4-12)14(17)15-18-13(19-20-15)5-6-21-7-9-22-10-8-21/h1-4,14H,5-10,17H2,(H,18,19,20). The van der Waals surface area contributed by atoms with E-state index in [0.29, 0.717) is 10.8 Å². The molecule has 6 nitrogen and oxygen atoms in total. The van der Waals surface area contributed by atoms with E-state index in [1.165, 1.54) is 0 Å². The molecule has 2 aromatic rings. The van der Waals surface area contributed by atoms with Crippen LogP contribution in [0.3, 0.4) is 0 Å². The highest BCUT2D eigenvalue weighted by atomic mass is 35.5. The van der Waals surface area contributed by atoms with Gasteiger partial charge in [0.05, 0.1) is 19.3 Å². The van der Waals surface area contributed by atoms with Gasteiger partial charge in [0.1, 0.15) is 5.82 Å². The predicted octanol–water partition coefficient (Wildman–Crippen LogP) is 1.38. The smallest absolute Gasteiger partial charge is 0.171 e. The van der Waals surface area contributed by atoms with Gasteiger partial charge in [0.25, 0.3) is 0 Å². The van der Waals surface area contributed by atoms with Crippen LogP contribution >= 0.6 is 11.6 Å². The summed E-state index contributed by atoms with van der Waals surface area (Å²) in [6, 6.07) is 7.10. The molecule has 1 aromatic carbocycles. The van der Waals surface area contributed by atoms with Crippen molar-refractivity contribution in [2.24, 2.45) is 5.73 Å². The Morgan fingerprint density at radius 3 is 2.73 bits per heavy atom. The minimum atomic E-state index is -0.342. The quantitative estimate of drug-likeness (QED) is 0.869. The highest BCUT2D eigenvalue weighted by Gasteiger charge is 2.16. The molecule has 118 valence electrons. The van der Waals surface area contributed by atoms with Gasteiger partial charge in [-0.05, 0) is 17.7 Å². The van der Waals surface area contributed by atoms with E-state index in [4.69, 9.17) is 22.1 Å². The van der Waals surface area contributed by atoms with Crippen LogP contribution in [0.4, 0.5) is 0 Å². The minimum absolute atomic E-state index is 0.342. The van der Waals surface area contributed by atoms with Crippen molar-refractivity contribution in [3.63, 3.8) is 0 Å². The zero-order valence-electron chi connectivity index (χ0n) is 12.3. The van der Waals surface area contributed by atoms with Gasteiger partial charge < -0.3 is 10.5 Å². The molecule has 22 heavy (non-hydrogen) atoms. The van der Waals surface area contributed by atoms with Crippen LogP contribution < -0.4 is 5.73 Å². The molecule has 0 saturated carbocycles. The molecule has 1 fully saturated rings. The van der Waals surface area contributed by atoms with E-state index in [-0.39, 0.29) is 6.04 Å². The van der Waals surface area contributed by atoms with Crippen molar-refractivity contribution in [3.05, 3.63) is 46.5 Å². The van der Waals surface area contributed by atoms with Crippen molar-refractivity contribution >= 4 is 11.6 Å². The molecule has 1 aliphatic heterocycles. The Balaban J connectivity index is 1.59. The fraction of sp³-hybridized carbons (Fsp3) is 0.467. The Morgan fingerprint density at radius 1 is 1.27 bits per heavy atom. The number of aromatic amines is 1. The van der Waals surface area contributed by atoms with Gasteiger partial charge in [-0.25, -0.2) is 4.98 Å². The molecule has 3 rings (SSSR count). The molecule has 1 aliphatic rings. The van der Waals surface area contributed by atoms with Gasteiger partial charge in [-0.1, -0.05) is 23.7 Å². The molecule has 0 spiro atoms. The van der Waals surface area contributed by atoms with E-state index in [1.807, 2.05) is 24.3 Å². The van der Waals surface area contributed by atoms with Crippen LogP contribution in [0.15, 0.2) is 24.3 Å². The number of morpholine rings is 1. The maximum Gasteiger partial charge on any atom is 0.171 e. The molecule has 1 saturated heterocycles. The lowest BCUT2D eigenvalue weighted by atomic mass is 10.1. The van der Waals surface area contributed by atoms with Crippen LogP contribution in [-0.2, 0) is 11.2 Å². The third-order valence-corrected chi connectivity index (χ3v) is 4.08. The summed E-state index contributed by atoms with van der Waals surface area (Å²) in [6.07, 6.45) is 0.834. The summed E-state index contributed by atoms with van der Waals surface area (Å²) in [7, 11) is 0. The number of hydrogen-bond donors (Lipinski definition) is 2. The first-order chi connectivity index (χ1) is 10.7. The Bertz CT molecular complexity index is 594. The molecule has 1 atom stereocenters. The SMILES string of the molecule is NC(c1ccc(Cl)cc1)c1n[nH]c(CCN2CCOCC2)n1. The molecule has 2 heterocycles. The molecule has 7 heteroatoms. The Morgan fingerprint density at radius 2 is 2.00 bits per heavy atom. The molecular weight excluding hydrogens is 302 g/mol. The number of ether oxygens (including phenoxy) is 1. The van der Waals surface area contributed by atoms with Gasteiger partial charge >= 0.3 is 0 Å². The molecule has 0 bridgehead atoms. The summed E-state index contributed by atoms with van der Waals surface area (Å²) < 4.78 is 5.34. The average molecular weight is 322 g/mol. The topological polar surface area (TPSA) is 80.1 Å². The van der Waals surface area contributed by atoms with Gasteiger partial charge in [-0.15, -0.1) is 0 Å². The number of nitrogens with two attached hydrogens (primary N) is 1. The monoisotopic (exact) mass is 321 g/mol. The second kappa shape index (κ2) is 7.19. The second-order valence-electron chi connectivity index (χ2n) is 5.37. The molecule has 0 radical (unpaired) electrons. The van der Waals surface area contributed by atoms with E-state index in [1.54, 1.807) is 0 Å². The van der Waals surface area contributed by atoms with Gasteiger partial charge in [0.15, 0.2) is 5.82 Å². The van der Waals surface area contributed by atoms with Crippen molar-refractivity contribution in [2.75, 3.05) is 32.8 Å². The molecular formula is C15H20ClN5O. The third-order valence-electron chi connectivity index (χ3n) is 3.82. The van der Waals surface area contributed by atoms with E-state index >= 15 is 0 Å². The fourth-order valence-electron chi connectivity index (χ4n) is 2.47. The lowest BCUT2D eigenvalue weighted by Gasteiger charge is -2.25. The van der Waals surface area contributed by atoms with E-state index in [9.17, 15) is 0 Å². The van der Waals surface area contributed by atoms with E-state index < -0.39 is 0 Å². The van der Waals surface area contributed by atoms with Crippen LogP contribution in [0.1, 0.15) is 23.3 Å². The summed E-state index contributed by atoms with van der Waals surface area (Å²) in [5, 5.41) is 7.92. The Labute approximate surface area is 134 Å². The summed E-state index contributed by atoms with van der Waals surface area (Å²) >= 11 is 5.89. The fourth-order valence-corrected chi connectivity index (χ4v) is 2.59. The minimum Gasteiger partial charge on any atom is -0.379 e. The number of aromatic nitrogens is 3. The maximum atomic E-state index is 6.20. The van der Waals surface area contributed by atoms with Crippen LogP contribution in [0, 0.1) is 0 Å². The number of nitrogens with one attached hydrogen (secondary N) is 1. The Hall–Kier alpha value is -1.47. The predicted molar refractivity (Wildman–Crippen MR) is 84.8 cm³/mol.